The molecular formula is C12H14N4O2. The Bertz CT molecular complexity index is 577. The molecule has 2 aromatic heterocycles. The molecule has 0 aliphatic rings. The Morgan fingerprint density at radius 1 is 1.50 bits per heavy atom. The smallest absolute Gasteiger partial charge is 0.339 e. The van der Waals surface area contributed by atoms with Crippen LogP contribution in [0.4, 0.5) is 5.82 Å². The van der Waals surface area contributed by atoms with E-state index in [9.17, 15) is 4.79 Å². The molecule has 2 aromatic rings. The van der Waals surface area contributed by atoms with E-state index in [1.54, 1.807) is 23.0 Å². The molecule has 2 heterocycles. The first-order chi connectivity index (χ1) is 8.56. The van der Waals surface area contributed by atoms with Crippen LogP contribution in [0.2, 0.25) is 0 Å². The summed E-state index contributed by atoms with van der Waals surface area (Å²) in [5.41, 5.74) is 1.91. The number of aromatic nitrogens is 3. The van der Waals surface area contributed by atoms with Crippen LogP contribution in [0.25, 0.3) is 0 Å². The Morgan fingerprint density at radius 3 is 2.89 bits per heavy atom. The first-order valence-corrected chi connectivity index (χ1v) is 5.48. The molecule has 0 aliphatic heterocycles. The van der Waals surface area contributed by atoms with Crippen molar-refractivity contribution in [3.8, 4) is 0 Å². The van der Waals surface area contributed by atoms with E-state index in [1.165, 1.54) is 0 Å². The molecule has 0 radical (unpaired) electrons. The third-order valence-electron chi connectivity index (χ3n) is 2.48. The molecule has 0 unspecified atom stereocenters. The topological polar surface area (TPSA) is 80.0 Å². The van der Waals surface area contributed by atoms with Crippen LogP contribution in [-0.2, 0) is 13.6 Å². The Balaban J connectivity index is 2.17. The van der Waals surface area contributed by atoms with Gasteiger partial charge in [0.05, 0.1) is 6.20 Å². The summed E-state index contributed by atoms with van der Waals surface area (Å²) in [4.78, 5) is 15.2. The average Bonchev–Trinajstić information content (AvgIpc) is 2.72. The molecule has 0 saturated carbocycles. The fraction of sp³-hybridized carbons (Fsp3) is 0.250. The summed E-state index contributed by atoms with van der Waals surface area (Å²) in [6.07, 6.45) is 3.59. The standard InChI is InChI=1S/C12H14N4O2/c1-8-3-4-10(12(17)18)11(15-8)13-5-9-6-14-16(2)7-9/h3-4,6-7H,5H2,1-2H3,(H,13,15)(H,17,18). The number of nitrogens with zero attached hydrogens (tertiary/aromatic N) is 3. The van der Waals surface area contributed by atoms with Gasteiger partial charge in [0.1, 0.15) is 11.4 Å². The van der Waals surface area contributed by atoms with Crippen LogP contribution in [0.1, 0.15) is 21.6 Å². The van der Waals surface area contributed by atoms with Gasteiger partial charge in [-0.15, -0.1) is 0 Å². The van der Waals surface area contributed by atoms with Gasteiger partial charge in [0.15, 0.2) is 0 Å². The Hall–Kier alpha value is -2.37. The molecule has 0 saturated heterocycles. The number of carboxylic acids is 1. The van der Waals surface area contributed by atoms with E-state index >= 15 is 0 Å². The third-order valence-corrected chi connectivity index (χ3v) is 2.48. The summed E-state index contributed by atoms with van der Waals surface area (Å²) in [7, 11) is 1.83. The largest absolute Gasteiger partial charge is 0.478 e. The SMILES string of the molecule is Cc1ccc(C(=O)O)c(NCc2cnn(C)c2)n1. The summed E-state index contributed by atoms with van der Waals surface area (Å²) in [5, 5.41) is 16.1. The molecule has 6 nitrogen and oxygen atoms in total. The van der Waals surface area contributed by atoms with Gasteiger partial charge in [0.25, 0.3) is 0 Å². The van der Waals surface area contributed by atoms with Crippen LogP contribution in [0.5, 0.6) is 0 Å². The summed E-state index contributed by atoms with van der Waals surface area (Å²) in [6.45, 7) is 2.31. The van der Waals surface area contributed by atoms with E-state index in [1.807, 2.05) is 20.2 Å². The normalized spacial score (nSPS) is 10.3. The van der Waals surface area contributed by atoms with Crippen molar-refractivity contribution in [2.24, 2.45) is 7.05 Å². The second kappa shape index (κ2) is 4.87. The lowest BCUT2D eigenvalue weighted by Gasteiger charge is -2.08. The summed E-state index contributed by atoms with van der Waals surface area (Å²) in [6, 6.07) is 3.23. The lowest BCUT2D eigenvalue weighted by molar-refractivity contribution is 0.0697. The summed E-state index contributed by atoms with van der Waals surface area (Å²) in [5.74, 6) is -0.609. The van der Waals surface area contributed by atoms with Gasteiger partial charge in [0, 0.05) is 31.0 Å². The predicted octanol–water partition coefficient (Wildman–Crippen LogP) is 1.43. The first kappa shape index (κ1) is 12.1. The molecule has 0 atom stereocenters. The Kier molecular flexibility index (Phi) is 3.27. The molecule has 18 heavy (non-hydrogen) atoms. The predicted molar refractivity (Wildman–Crippen MR) is 66.5 cm³/mol. The van der Waals surface area contributed by atoms with E-state index in [-0.39, 0.29) is 5.56 Å². The number of pyridine rings is 1. The second-order valence-corrected chi connectivity index (χ2v) is 4.03. The number of hydrogen-bond donors (Lipinski definition) is 2. The number of hydrogen-bond acceptors (Lipinski definition) is 4. The molecule has 0 aromatic carbocycles. The zero-order valence-corrected chi connectivity index (χ0v) is 10.2. The second-order valence-electron chi connectivity index (χ2n) is 4.03. The molecule has 2 N–H and O–H groups in total. The van der Waals surface area contributed by atoms with Crippen molar-refractivity contribution in [3.63, 3.8) is 0 Å². The zero-order chi connectivity index (χ0) is 13.1. The average molecular weight is 246 g/mol. The highest BCUT2D eigenvalue weighted by Gasteiger charge is 2.11. The minimum Gasteiger partial charge on any atom is -0.478 e. The van der Waals surface area contributed by atoms with Crippen LogP contribution in [-0.4, -0.2) is 25.8 Å². The van der Waals surface area contributed by atoms with Crippen molar-refractivity contribution >= 4 is 11.8 Å². The van der Waals surface area contributed by atoms with E-state index in [0.29, 0.717) is 12.4 Å². The molecule has 94 valence electrons. The molecule has 0 spiro atoms. The maximum absolute atomic E-state index is 11.1. The van der Waals surface area contributed by atoms with E-state index in [0.717, 1.165) is 11.3 Å². The van der Waals surface area contributed by atoms with Gasteiger partial charge >= 0.3 is 5.97 Å². The van der Waals surface area contributed by atoms with Crippen molar-refractivity contribution in [3.05, 3.63) is 41.3 Å². The number of aromatic carboxylic acids is 1. The minimum absolute atomic E-state index is 0.171. The number of aryl methyl sites for hydroxylation is 2. The van der Waals surface area contributed by atoms with E-state index in [4.69, 9.17) is 5.11 Å². The van der Waals surface area contributed by atoms with Gasteiger partial charge < -0.3 is 10.4 Å². The van der Waals surface area contributed by atoms with Gasteiger partial charge in [-0.3, -0.25) is 4.68 Å². The van der Waals surface area contributed by atoms with Crippen LogP contribution in [0.3, 0.4) is 0 Å². The molecule has 0 fully saturated rings. The minimum atomic E-state index is -0.990. The molecule has 2 rings (SSSR count). The summed E-state index contributed by atoms with van der Waals surface area (Å²) >= 11 is 0. The van der Waals surface area contributed by atoms with Crippen molar-refractivity contribution in [2.75, 3.05) is 5.32 Å². The highest BCUT2D eigenvalue weighted by atomic mass is 16.4. The number of anilines is 1. The number of nitrogens with one attached hydrogen (secondary N) is 1. The number of carboxylic acid groups (broad SMARTS) is 1. The van der Waals surface area contributed by atoms with Gasteiger partial charge in [-0.05, 0) is 19.1 Å². The quantitative estimate of drug-likeness (QED) is 0.853. The maximum atomic E-state index is 11.1. The van der Waals surface area contributed by atoms with E-state index in [2.05, 4.69) is 15.4 Å². The summed E-state index contributed by atoms with van der Waals surface area (Å²) < 4.78 is 1.69. The van der Waals surface area contributed by atoms with Crippen molar-refractivity contribution in [1.29, 1.82) is 0 Å². The molecule has 6 heteroatoms. The Labute approximate surface area is 104 Å². The van der Waals surface area contributed by atoms with E-state index < -0.39 is 5.97 Å². The van der Waals surface area contributed by atoms with Crippen LogP contribution >= 0.6 is 0 Å². The third kappa shape index (κ3) is 2.65. The molecular weight excluding hydrogens is 232 g/mol. The van der Waals surface area contributed by atoms with Gasteiger partial charge in [-0.2, -0.15) is 5.10 Å². The zero-order valence-electron chi connectivity index (χ0n) is 10.2. The van der Waals surface area contributed by atoms with Gasteiger partial charge in [0.2, 0.25) is 0 Å². The number of rotatable bonds is 4. The fourth-order valence-corrected chi connectivity index (χ4v) is 1.61. The lowest BCUT2D eigenvalue weighted by Crippen LogP contribution is -2.08. The Morgan fingerprint density at radius 2 is 2.28 bits per heavy atom. The molecule has 0 aliphatic carbocycles. The first-order valence-electron chi connectivity index (χ1n) is 5.48. The van der Waals surface area contributed by atoms with Gasteiger partial charge in [-0.1, -0.05) is 0 Å². The highest BCUT2D eigenvalue weighted by Crippen LogP contribution is 2.14. The molecule has 0 amide bonds. The van der Waals surface area contributed by atoms with Crippen molar-refractivity contribution in [1.82, 2.24) is 14.8 Å². The van der Waals surface area contributed by atoms with Crippen molar-refractivity contribution < 1.29 is 9.90 Å². The highest BCUT2D eigenvalue weighted by molar-refractivity contribution is 5.93. The monoisotopic (exact) mass is 246 g/mol. The van der Waals surface area contributed by atoms with Gasteiger partial charge in [-0.25, -0.2) is 9.78 Å². The number of carbonyl (C=O) groups is 1. The maximum Gasteiger partial charge on any atom is 0.339 e. The van der Waals surface area contributed by atoms with Crippen molar-refractivity contribution in [2.45, 2.75) is 13.5 Å². The van der Waals surface area contributed by atoms with Crippen LogP contribution in [0.15, 0.2) is 24.5 Å². The van der Waals surface area contributed by atoms with Crippen LogP contribution in [0, 0.1) is 6.92 Å². The molecule has 0 bridgehead atoms. The van der Waals surface area contributed by atoms with Crippen LogP contribution < -0.4 is 5.32 Å². The fourth-order valence-electron chi connectivity index (χ4n) is 1.61. The lowest BCUT2D eigenvalue weighted by atomic mass is 10.2.